The number of guanidine groups is 1. The summed E-state index contributed by atoms with van der Waals surface area (Å²) in [6.07, 6.45) is 3.95. The number of nitrogens with zero attached hydrogens (tertiary/aromatic N) is 5. The molecule has 2 heterocycles. The molecule has 0 aliphatic carbocycles. The summed E-state index contributed by atoms with van der Waals surface area (Å²) >= 11 is 0. The minimum Gasteiger partial charge on any atom is -0.354 e. The zero-order valence-corrected chi connectivity index (χ0v) is 14.5. The summed E-state index contributed by atoms with van der Waals surface area (Å²) in [6, 6.07) is 12.4. The van der Waals surface area contributed by atoms with Crippen molar-refractivity contribution in [2.24, 2.45) is 12.0 Å². The van der Waals surface area contributed by atoms with E-state index in [4.69, 9.17) is 0 Å². The number of aromatic nitrogens is 3. The van der Waals surface area contributed by atoms with Crippen LogP contribution in [0, 0.1) is 0 Å². The van der Waals surface area contributed by atoms with Crippen molar-refractivity contribution in [1.82, 2.24) is 24.3 Å². The van der Waals surface area contributed by atoms with E-state index >= 15 is 0 Å². The van der Waals surface area contributed by atoms with Gasteiger partial charge in [0.05, 0.1) is 23.9 Å². The molecule has 0 saturated carbocycles. The summed E-state index contributed by atoms with van der Waals surface area (Å²) in [5.74, 6) is 0.889. The van der Waals surface area contributed by atoms with Crippen LogP contribution >= 0.6 is 0 Å². The number of nitrogens with one attached hydrogen (secondary N) is 1. The largest absolute Gasteiger partial charge is 0.354 e. The van der Waals surface area contributed by atoms with Crippen LogP contribution in [0.25, 0.3) is 11.0 Å². The number of rotatable bonds is 5. The molecule has 126 valence electrons. The van der Waals surface area contributed by atoms with E-state index in [1.165, 1.54) is 5.69 Å². The van der Waals surface area contributed by atoms with Crippen LogP contribution in [0.5, 0.6) is 0 Å². The van der Waals surface area contributed by atoms with Gasteiger partial charge in [-0.25, -0.2) is 4.98 Å². The van der Waals surface area contributed by atoms with Gasteiger partial charge in [-0.1, -0.05) is 12.1 Å². The molecular formula is C18H24N6. The molecule has 0 amide bonds. The van der Waals surface area contributed by atoms with Crippen LogP contribution in [0.2, 0.25) is 0 Å². The molecule has 3 aromatic rings. The van der Waals surface area contributed by atoms with Crippen molar-refractivity contribution < 1.29 is 0 Å². The predicted octanol–water partition coefficient (Wildman–Crippen LogP) is 2.08. The van der Waals surface area contributed by atoms with Gasteiger partial charge < -0.3 is 19.4 Å². The third-order valence-corrected chi connectivity index (χ3v) is 4.19. The van der Waals surface area contributed by atoms with E-state index in [-0.39, 0.29) is 0 Å². The first-order chi connectivity index (χ1) is 11.7. The van der Waals surface area contributed by atoms with E-state index in [1.807, 2.05) is 31.6 Å². The first kappa shape index (κ1) is 16.1. The van der Waals surface area contributed by atoms with Crippen LogP contribution < -0.4 is 5.32 Å². The van der Waals surface area contributed by atoms with Crippen molar-refractivity contribution >= 4 is 17.0 Å². The topological polar surface area (TPSA) is 50.4 Å². The van der Waals surface area contributed by atoms with Crippen molar-refractivity contribution in [3.05, 3.63) is 54.6 Å². The fraction of sp³-hybridized carbons (Fsp3) is 0.333. The summed E-state index contributed by atoms with van der Waals surface area (Å²) in [6.45, 7) is 2.46. The van der Waals surface area contributed by atoms with Crippen molar-refractivity contribution in [2.45, 2.75) is 13.1 Å². The van der Waals surface area contributed by atoms with Crippen molar-refractivity contribution in [1.29, 1.82) is 0 Å². The summed E-state index contributed by atoms with van der Waals surface area (Å²) in [4.78, 5) is 10.9. The number of fused-ring (bicyclic) bond motifs is 1. The number of benzene rings is 1. The quantitative estimate of drug-likeness (QED) is 0.577. The van der Waals surface area contributed by atoms with Crippen molar-refractivity contribution in [3.63, 3.8) is 0 Å². The maximum absolute atomic E-state index is 4.42. The molecule has 0 saturated heterocycles. The fourth-order valence-corrected chi connectivity index (χ4v) is 2.84. The molecule has 0 unspecified atom stereocenters. The Balaban J connectivity index is 1.57. The minimum absolute atomic E-state index is 0.796. The van der Waals surface area contributed by atoms with Gasteiger partial charge in [-0.2, -0.15) is 0 Å². The van der Waals surface area contributed by atoms with E-state index in [0.717, 1.165) is 36.6 Å². The molecule has 3 rings (SSSR count). The second-order valence-corrected chi connectivity index (χ2v) is 5.87. The Morgan fingerprint density at radius 2 is 2.08 bits per heavy atom. The first-order valence-electron chi connectivity index (χ1n) is 8.11. The fourth-order valence-electron chi connectivity index (χ4n) is 2.84. The van der Waals surface area contributed by atoms with E-state index in [1.54, 1.807) is 0 Å². The van der Waals surface area contributed by atoms with Gasteiger partial charge in [0.25, 0.3) is 0 Å². The molecule has 0 fully saturated rings. The molecule has 0 atom stereocenters. The van der Waals surface area contributed by atoms with Gasteiger partial charge in [0.15, 0.2) is 5.96 Å². The highest BCUT2D eigenvalue weighted by Gasteiger charge is 2.08. The Hall–Kier alpha value is -2.76. The Labute approximate surface area is 142 Å². The Kier molecular flexibility index (Phi) is 4.84. The first-order valence-corrected chi connectivity index (χ1v) is 8.11. The van der Waals surface area contributed by atoms with E-state index < -0.39 is 0 Å². The number of hydrogen-bond acceptors (Lipinski definition) is 2. The number of para-hydroxylation sites is 2. The number of aliphatic imine (C=N–C) groups is 1. The predicted molar refractivity (Wildman–Crippen MR) is 98.0 cm³/mol. The molecule has 0 spiro atoms. The van der Waals surface area contributed by atoms with Gasteiger partial charge in [0.2, 0.25) is 0 Å². The van der Waals surface area contributed by atoms with Crippen molar-refractivity contribution in [3.8, 4) is 0 Å². The monoisotopic (exact) mass is 324 g/mol. The lowest BCUT2D eigenvalue weighted by Gasteiger charge is -2.22. The molecular weight excluding hydrogens is 300 g/mol. The zero-order valence-electron chi connectivity index (χ0n) is 14.5. The lowest BCUT2D eigenvalue weighted by molar-refractivity contribution is 0.459. The van der Waals surface area contributed by atoms with E-state index in [0.29, 0.717) is 0 Å². The highest BCUT2D eigenvalue weighted by molar-refractivity contribution is 5.79. The summed E-state index contributed by atoms with van der Waals surface area (Å²) in [7, 11) is 5.93. The highest BCUT2D eigenvalue weighted by atomic mass is 15.3. The van der Waals surface area contributed by atoms with Crippen LogP contribution in [0.3, 0.4) is 0 Å². The number of hydrogen-bond donors (Lipinski definition) is 1. The minimum atomic E-state index is 0.796. The number of aryl methyl sites for hydroxylation is 1. The lowest BCUT2D eigenvalue weighted by Crippen LogP contribution is -2.40. The number of imidazole rings is 1. The Morgan fingerprint density at radius 1 is 1.25 bits per heavy atom. The highest BCUT2D eigenvalue weighted by Crippen LogP contribution is 2.11. The second-order valence-electron chi connectivity index (χ2n) is 5.87. The molecule has 0 aliphatic rings. The van der Waals surface area contributed by atoms with Crippen LogP contribution in [0.15, 0.2) is 53.9 Å². The molecule has 24 heavy (non-hydrogen) atoms. The maximum atomic E-state index is 4.42. The average Bonchev–Trinajstić information content (AvgIpc) is 3.18. The van der Waals surface area contributed by atoms with Gasteiger partial charge in [-0.3, -0.25) is 4.99 Å². The van der Waals surface area contributed by atoms with E-state index in [9.17, 15) is 0 Å². The summed E-state index contributed by atoms with van der Waals surface area (Å²) < 4.78 is 4.29. The molecule has 1 aromatic carbocycles. The Morgan fingerprint density at radius 3 is 2.83 bits per heavy atom. The average molecular weight is 324 g/mol. The summed E-state index contributed by atoms with van der Waals surface area (Å²) in [5, 5.41) is 3.42. The van der Waals surface area contributed by atoms with Gasteiger partial charge >= 0.3 is 0 Å². The molecule has 6 nitrogen and oxygen atoms in total. The van der Waals surface area contributed by atoms with Gasteiger partial charge in [0.1, 0.15) is 0 Å². The second kappa shape index (κ2) is 7.21. The smallest absolute Gasteiger partial charge is 0.193 e. The molecule has 0 bridgehead atoms. The van der Waals surface area contributed by atoms with Gasteiger partial charge in [-0.05, 0) is 24.3 Å². The molecule has 0 radical (unpaired) electrons. The normalized spacial score (nSPS) is 11.9. The van der Waals surface area contributed by atoms with Crippen LogP contribution in [-0.4, -0.2) is 45.6 Å². The molecule has 0 aliphatic heterocycles. The van der Waals surface area contributed by atoms with E-state index in [2.05, 4.69) is 67.8 Å². The van der Waals surface area contributed by atoms with Gasteiger partial charge in [0, 0.05) is 46.1 Å². The molecule has 1 N–H and O–H groups in total. The molecule has 2 aromatic heterocycles. The maximum Gasteiger partial charge on any atom is 0.193 e. The lowest BCUT2D eigenvalue weighted by atomic mass is 10.3. The zero-order chi connectivity index (χ0) is 16.9. The summed E-state index contributed by atoms with van der Waals surface area (Å²) in [5.41, 5.74) is 3.44. The van der Waals surface area contributed by atoms with Gasteiger partial charge in [-0.15, -0.1) is 0 Å². The van der Waals surface area contributed by atoms with Crippen LogP contribution in [0.1, 0.15) is 5.69 Å². The SMILES string of the molecule is CN=C(NCCn1cnc2ccccc21)N(C)Cc1cccn1C. The third-order valence-electron chi connectivity index (χ3n) is 4.19. The standard InChI is InChI=1S/C18H24N6/c1-19-18(23(3)13-15-7-6-11-22(15)2)20-10-12-24-14-21-16-8-4-5-9-17(16)24/h4-9,11,14H,10,12-13H2,1-3H3,(H,19,20). The Bertz CT molecular complexity index is 829. The molecule has 6 heteroatoms. The third kappa shape index (κ3) is 3.42. The van der Waals surface area contributed by atoms with Crippen molar-refractivity contribution in [2.75, 3.05) is 20.6 Å². The van der Waals surface area contributed by atoms with Crippen LogP contribution in [0.4, 0.5) is 0 Å². The van der Waals surface area contributed by atoms with Crippen LogP contribution in [-0.2, 0) is 20.1 Å².